The maximum Gasteiger partial charge on any atom is 0.225 e. The van der Waals surface area contributed by atoms with E-state index in [1.807, 2.05) is 6.07 Å². The number of hydrogen-bond acceptors (Lipinski definition) is 5. The van der Waals surface area contributed by atoms with Crippen molar-refractivity contribution in [2.24, 2.45) is 0 Å². The summed E-state index contributed by atoms with van der Waals surface area (Å²) < 4.78 is 10.2. The van der Waals surface area contributed by atoms with E-state index in [0.29, 0.717) is 17.4 Å². The fourth-order valence-electron chi connectivity index (χ4n) is 1.48. The number of methoxy groups -OCH3 is 2. The van der Waals surface area contributed by atoms with Crippen LogP contribution in [0.2, 0.25) is 0 Å². The average Bonchev–Trinajstić information content (AvgIpc) is 2.38. The fourth-order valence-corrected chi connectivity index (χ4v) is 1.48. The second-order valence-corrected chi connectivity index (χ2v) is 3.38. The summed E-state index contributed by atoms with van der Waals surface area (Å²) in [6.45, 7) is 0. The summed E-state index contributed by atoms with van der Waals surface area (Å²) in [6.07, 6.45) is 1.65. The van der Waals surface area contributed by atoms with Crippen LogP contribution in [0.3, 0.4) is 0 Å². The Balaban J connectivity index is 2.51. The summed E-state index contributed by atoms with van der Waals surface area (Å²) in [5, 5.41) is 0. The highest BCUT2D eigenvalue weighted by Gasteiger charge is 2.10. The number of aromatic nitrogens is 2. The smallest absolute Gasteiger partial charge is 0.225 e. The summed E-state index contributed by atoms with van der Waals surface area (Å²) >= 11 is 0. The first-order valence-electron chi connectivity index (χ1n) is 5.05. The molecule has 0 unspecified atom stereocenters. The minimum Gasteiger partial charge on any atom is -0.481 e. The van der Waals surface area contributed by atoms with Crippen molar-refractivity contribution in [2.45, 2.75) is 0 Å². The van der Waals surface area contributed by atoms with Crippen molar-refractivity contribution in [3.8, 4) is 23.0 Å². The van der Waals surface area contributed by atoms with Gasteiger partial charge in [0.05, 0.1) is 25.5 Å². The number of hydrogen-bond donors (Lipinski definition) is 1. The Kier molecular flexibility index (Phi) is 3.09. The first-order valence-corrected chi connectivity index (χ1v) is 5.05. The molecule has 2 heterocycles. The van der Waals surface area contributed by atoms with Crippen LogP contribution in [0.15, 0.2) is 30.5 Å². The molecule has 0 radical (unpaired) electrons. The highest BCUT2D eigenvalue weighted by molar-refractivity contribution is 5.68. The zero-order chi connectivity index (χ0) is 12.3. The van der Waals surface area contributed by atoms with Gasteiger partial charge in [0.25, 0.3) is 0 Å². The third-order valence-corrected chi connectivity index (χ3v) is 2.30. The molecule has 0 spiro atoms. The lowest BCUT2D eigenvalue weighted by atomic mass is 10.1. The molecule has 2 aromatic heterocycles. The maximum absolute atomic E-state index is 5.72. The number of nitrogen functional groups attached to an aromatic ring is 1. The molecule has 17 heavy (non-hydrogen) atoms. The summed E-state index contributed by atoms with van der Waals surface area (Å²) in [5.41, 5.74) is 7.86. The molecule has 0 amide bonds. The lowest BCUT2D eigenvalue weighted by Crippen LogP contribution is -1.96. The van der Waals surface area contributed by atoms with Gasteiger partial charge in [-0.3, -0.25) is 4.98 Å². The molecule has 0 aliphatic carbocycles. The highest BCUT2D eigenvalue weighted by Crippen LogP contribution is 2.29. The monoisotopic (exact) mass is 231 g/mol. The van der Waals surface area contributed by atoms with Crippen LogP contribution < -0.4 is 15.2 Å². The molecule has 0 aliphatic rings. The van der Waals surface area contributed by atoms with Crippen molar-refractivity contribution in [1.29, 1.82) is 0 Å². The Bertz CT molecular complexity index is 529. The lowest BCUT2D eigenvalue weighted by molar-refractivity contribution is 0.366. The van der Waals surface area contributed by atoms with Crippen LogP contribution in [-0.4, -0.2) is 24.2 Å². The summed E-state index contributed by atoms with van der Waals surface area (Å²) in [6, 6.07) is 7.09. The molecular weight excluding hydrogens is 218 g/mol. The molecule has 0 saturated heterocycles. The van der Waals surface area contributed by atoms with Gasteiger partial charge in [0.2, 0.25) is 11.8 Å². The van der Waals surface area contributed by atoms with E-state index in [1.54, 1.807) is 38.6 Å². The SMILES string of the molecule is COc1ccc(-c2cc(N)ccn2)c(OC)n1. The predicted molar refractivity (Wildman–Crippen MR) is 65.0 cm³/mol. The van der Waals surface area contributed by atoms with Gasteiger partial charge in [0, 0.05) is 18.0 Å². The first kappa shape index (κ1) is 11.2. The molecule has 5 nitrogen and oxygen atoms in total. The van der Waals surface area contributed by atoms with Crippen LogP contribution >= 0.6 is 0 Å². The Hall–Kier alpha value is -2.30. The van der Waals surface area contributed by atoms with Crippen LogP contribution in [0, 0.1) is 0 Å². The third-order valence-electron chi connectivity index (χ3n) is 2.30. The van der Waals surface area contributed by atoms with Gasteiger partial charge in [0.1, 0.15) is 0 Å². The second kappa shape index (κ2) is 4.69. The molecule has 2 rings (SSSR count). The molecule has 2 aromatic rings. The molecule has 0 aromatic carbocycles. The van der Waals surface area contributed by atoms with Crippen LogP contribution in [0.5, 0.6) is 11.8 Å². The largest absolute Gasteiger partial charge is 0.481 e. The molecule has 5 heteroatoms. The Morgan fingerprint density at radius 1 is 1.12 bits per heavy atom. The molecule has 2 N–H and O–H groups in total. The van der Waals surface area contributed by atoms with Gasteiger partial charge in [-0.05, 0) is 18.2 Å². The van der Waals surface area contributed by atoms with E-state index < -0.39 is 0 Å². The number of nitrogens with zero attached hydrogens (tertiary/aromatic N) is 2. The van der Waals surface area contributed by atoms with Crippen molar-refractivity contribution in [3.05, 3.63) is 30.5 Å². The van der Waals surface area contributed by atoms with Crippen LogP contribution in [0.1, 0.15) is 0 Å². The second-order valence-electron chi connectivity index (χ2n) is 3.38. The van der Waals surface area contributed by atoms with E-state index in [9.17, 15) is 0 Å². The van der Waals surface area contributed by atoms with E-state index in [0.717, 1.165) is 11.3 Å². The van der Waals surface area contributed by atoms with E-state index in [1.165, 1.54) is 0 Å². The van der Waals surface area contributed by atoms with Crippen LogP contribution in [0.4, 0.5) is 5.69 Å². The van der Waals surface area contributed by atoms with Gasteiger partial charge in [-0.2, -0.15) is 4.98 Å². The number of nitrogens with two attached hydrogens (primary N) is 1. The predicted octanol–water partition coefficient (Wildman–Crippen LogP) is 1.74. The zero-order valence-corrected chi connectivity index (χ0v) is 9.68. The number of anilines is 1. The van der Waals surface area contributed by atoms with Crippen molar-refractivity contribution in [1.82, 2.24) is 9.97 Å². The van der Waals surface area contributed by atoms with Gasteiger partial charge in [-0.25, -0.2) is 0 Å². The maximum atomic E-state index is 5.72. The topological polar surface area (TPSA) is 70.3 Å². The minimum absolute atomic E-state index is 0.461. The van der Waals surface area contributed by atoms with E-state index in [2.05, 4.69) is 9.97 Å². The van der Waals surface area contributed by atoms with Gasteiger partial charge in [-0.15, -0.1) is 0 Å². The fraction of sp³-hybridized carbons (Fsp3) is 0.167. The molecule has 0 atom stereocenters. The molecule has 0 aliphatic heterocycles. The minimum atomic E-state index is 0.461. The Morgan fingerprint density at radius 3 is 2.59 bits per heavy atom. The number of rotatable bonds is 3. The summed E-state index contributed by atoms with van der Waals surface area (Å²) in [5.74, 6) is 0.956. The summed E-state index contributed by atoms with van der Waals surface area (Å²) in [7, 11) is 3.11. The van der Waals surface area contributed by atoms with Crippen molar-refractivity contribution < 1.29 is 9.47 Å². The van der Waals surface area contributed by atoms with Gasteiger partial charge < -0.3 is 15.2 Å². The van der Waals surface area contributed by atoms with E-state index >= 15 is 0 Å². The average molecular weight is 231 g/mol. The van der Waals surface area contributed by atoms with Crippen molar-refractivity contribution >= 4 is 5.69 Å². The molecular formula is C12H13N3O2. The molecule has 0 saturated carbocycles. The van der Waals surface area contributed by atoms with Crippen molar-refractivity contribution in [3.63, 3.8) is 0 Å². The molecule has 0 fully saturated rings. The standard InChI is InChI=1S/C12H13N3O2/c1-16-11-4-3-9(12(15-11)17-2)10-7-8(13)5-6-14-10/h3-7H,1-2H3,(H2,13,14). The molecule has 0 bridgehead atoms. The summed E-state index contributed by atoms with van der Waals surface area (Å²) in [4.78, 5) is 8.42. The van der Waals surface area contributed by atoms with Crippen molar-refractivity contribution in [2.75, 3.05) is 20.0 Å². The Labute approximate surface area is 99.2 Å². The van der Waals surface area contributed by atoms with Crippen LogP contribution in [0.25, 0.3) is 11.3 Å². The van der Waals surface area contributed by atoms with Gasteiger partial charge in [0.15, 0.2) is 0 Å². The zero-order valence-electron chi connectivity index (χ0n) is 9.68. The third kappa shape index (κ3) is 2.28. The van der Waals surface area contributed by atoms with Gasteiger partial charge >= 0.3 is 0 Å². The van der Waals surface area contributed by atoms with Gasteiger partial charge in [-0.1, -0.05) is 0 Å². The van der Waals surface area contributed by atoms with E-state index in [4.69, 9.17) is 15.2 Å². The molecule has 88 valence electrons. The Morgan fingerprint density at radius 2 is 1.94 bits per heavy atom. The van der Waals surface area contributed by atoms with Crippen LogP contribution in [-0.2, 0) is 0 Å². The van der Waals surface area contributed by atoms with E-state index in [-0.39, 0.29) is 0 Å². The highest BCUT2D eigenvalue weighted by atomic mass is 16.5. The first-order chi connectivity index (χ1) is 8.24. The number of ether oxygens (including phenoxy) is 2. The number of pyridine rings is 2. The lowest BCUT2D eigenvalue weighted by Gasteiger charge is -2.08. The quantitative estimate of drug-likeness (QED) is 0.871. The normalized spacial score (nSPS) is 10.0.